The summed E-state index contributed by atoms with van der Waals surface area (Å²) in [6.07, 6.45) is -8.28. The molecule has 0 fully saturated rings. The lowest BCUT2D eigenvalue weighted by Gasteiger charge is -2.11. The highest BCUT2D eigenvalue weighted by Crippen LogP contribution is 2.42. The predicted octanol–water partition coefficient (Wildman–Crippen LogP) is 7.12. The number of nitrogens with zero attached hydrogens (tertiary/aromatic N) is 4. The minimum Gasteiger partial charge on any atom is -0.340 e. The molecule has 0 amide bonds. The Kier molecular flexibility index (Phi) is 5.32. The van der Waals surface area contributed by atoms with Gasteiger partial charge in [-0.1, -0.05) is 22.8 Å². The van der Waals surface area contributed by atoms with Gasteiger partial charge in [-0.3, -0.25) is 0 Å². The monoisotopic (exact) mass is 488 g/mol. The van der Waals surface area contributed by atoms with Crippen molar-refractivity contribution in [2.75, 3.05) is 0 Å². The molecule has 0 radical (unpaired) electrons. The SMILES string of the molecule is [C-]#[N+]c1ccc2c(ccn2Cc2noc(-c3cc(C(F)(F)F)cc(Cl)c3F)n2)c1C(F)(F)F. The number of hydrogen-bond donors (Lipinski definition) is 0. The summed E-state index contributed by atoms with van der Waals surface area (Å²) in [5.74, 6) is -1.93. The molecule has 0 saturated carbocycles. The topological polar surface area (TPSA) is 48.2 Å². The summed E-state index contributed by atoms with van der Waals surface area (Å²) in [6, 6.07) is 4.38. The standard InChI is InChI=1S/C20H8ClF7N4O/c1-29-13-2-3-14-10(16(13)20(26,27)28)4-5-32(14)8-15-30-18(33-31-15)11-6-9(19(23,24)25)7-12(21)17(11)22/h2-7H,8H2. The van der Waals surface area contributed by atoms with Crippen molar-refractivity contribution in [3.8, 4) is 11.5 Å². The molecule has 5 nitrogen and oxygen atoms in total. The van der Waals surface area contributed by atoms with Crippen LogP contribution in [0.25, 0.3) is 27.2 Å². The van der Waals surface area contributed by atoms with E-state index < -0.39 is 51.5 Å². The number of aromatic nitrogens is 3. The molecule has 0 atom stereocenters. The first-order valence-electron chi connectivity index (χ1n) is 8.86. The molecule has 170 valence electrons. The van der Waals surface area contributed by atoms with Crippen LogP contribution in [0.4, 0.5) is 36.4 Å². The molecule has 0 unspecified atom stereocenters. The highest BCUT2D eigenvalue weighted by molar-refractivity contribution is 6.31. The average Bonchev–Trinajstić information content (AvgIpc) is 3.35. The number of benzene rings is 2. The van der Waals surface area contributed by atoms with Crippen LogP contribution in [-0.2, 0) is 18.9 Å². The summed E-state index contributed by atoms with van der Waals surface area (Å²) in [5, 5.41) is 2.55. The molecule has 0 saturated heterocycles. The summed E-state index contributed by atoms with van der Waals surface area (Å²) >= 11 is 5.56. The molecule has 33 heavy (non-hydrogen) atoms. The summed E-state index contributed by atoms with van der Waals surface area (Å²) < 4.78 is 100.0. The van der Waals surface area contributed by atoms with E-state index in [-0.39, 0.29) is 23.3 Å². The molecule has 0 spiro atoms. The first-order chi connectivity index (χ1) is 15.4. The third-order valence-corrected chi connectivity index (χ3v) is 4.98. The first-order valence-corrected chi connectivity index (χ1v) is 9.23. The number of rotatable bonds is 3. The number of hydrogen-bond acceptors (Lipinski definition) is 3. The highest BCUT2D eigenvalue weighted by atomic mass is 35.5. The van der Waals surface area contributed by atoms with Crippen molar-refractivity contribution in [3.63, 3.8) is 0 Å². The summed E-state index contributed by atoms with van der Waals surface area (Å²) in [7, 11) is 0. The smallest absolute Gasteiger partial charge is 0.340 e. The van der Waals surface area contributed by atoms with E-state index in [1.807, 2.05) is 0 Å². The van der Waals surface area contributed by atoms with Crippen LogP contribution >= 0.6 is 11.6 Å². The van der Waals surface area contributed by atoms with Crippen LogP contribution < -0.4 is 0 Å². The molecule has 0 aliphatic heterocycles. The molecule has 4 rings (SSSR count). The van der Waals surface area contributed by atoms with Crippen LogP contribution in [0.5, 0.6) is 0 Å². The van der Waals surface area contributed by atoms with Gasteiger partial charge in [0.2, 0.25) is 0 Å². The van der Waals surface area contributed by atoms with Crippen LogP contribution in [0.2, 0.25) is 5.02 Å². The fraction of sp³-hybridized carbons (Fsp3) is 0.150. The second-order valence-corrected chi connectivity index (χ2v) is 7.19. The van der Waals surface area contributed by atoms with Crippen molar-refractivity contribution in [2.24, 2.45) is 0 Å². The highest BCUT2D eigenvalue weighted by Gasteiger charge is 2.36. The maximum Gasteiger partial charge on any atom is 0.416 e. The van der Waals surface area contributed by atoms with Gasteiger partial charge in [-0.25, -0.2) is 9.24 Å². The van der Waals surface area contributed by atoms with Gasteiger partial charge < -0.3 is 9.09 Å². The van der Waals surface area contributed by atoms with Crippen LogP contribution in [0.15, 0.2) is 41.1 Å². The van der Waals surface area contributed by atoms with E-state index >= 15 is 0 Å². The zero-order valence-corrected chi connectivity index (χ0v) is 16.6. The molecule has 2 aromatic heterocycles. The normalized spacial score (nSPS) is 12.3. The van der Waals surface area contributed by atoms with Crippen LogP contribution in [-0.4, -0.2) is 14.7 Å². The predicted molar refractivity (Wildman–Crippen MR) is 102 cm³/mol. The zero-order chi connectivity index (χ0) is 24.1. The van der Waals surface area contributed by atoms with Gasteiger partial charge in [0.15, 0.2) is 17.3 Å². The number of fused-ring (bicyclic) bond motifs is 1. The van der Waals surface area contributed by atoms with Gasteiger partial charge in [0.1, 0.15) is 0 Å². The fourth-order valence-electron chi connectivity index (χ4n) is 3.28. The Hall–Kier alpha value is -3.59. The molecule has 13 heteroatoms. The Morgan fingerprint density at radius 3 is 2.42 bits per heavy atom. The molecule has 0 N–H and O–H groups in total. The third-order valence-electron chi connectivity index (χ3n) is 4.70. The van der Waals surface area contributed by atoms with Gasteiger partial charge in [0, 0.05) is 17.1 Å². The fourth-order valence-corrected chi connectivity index (χ4v) is 3.50. The lowest BCUT2D eigenvalue weighted by molar-refractivity contribution is -0.137. The minimum atomic E-state index is -4.81. The Balaban J connectivity index is 1.73. The molecular weight excluding hydrogens is 481 g/mol. The van der Waals surface area contributed by atoms with Crippen LogP contribution in [0, 0.1) is 12.4 Å². The lowest BCUT2D eigenvalue weighted by Crippen LogP contribution is -2.06. The van der Waals surface area contributed by atoms with Crippen molar-refractivity contribution in [2.45, 2.75) is 18.9 Å². The zero-order valence-electron chi connectivity index (χ0n) is 15.9. The minimum absolute atomic E-state index is 0.106. The van der Waals surface area contributed by atoms with Crippen LogP contribution in [0.1, 0.15) is 17.0 Å². The second-order valence-electron chi connectivity index (χ2n) is 6.78. The largest absolute Gasteiger partial charge is 0.416 e. The summed E-state index contributed by atoms with van der Waals surface area (Å²) in [6.45, 7) is 6.73. The summed E-state index contributed by atoms with van der Waals surface area (Å²) in [5.41, 5.74) is -3.45. The van der Waals surface area contributed by atoms with Gasteiger partial charge in [0.05, 0.1) is 34.8 Å². The van der Waals surface area contributed by atoms with E-state index in [9.17, 15) is 30.7 Å². The van der Waals surface area contributed by atoms with E-state index in [1.54, 1.807) is 0 Å². The van der Waals surface area contributed by atoms with Gasteiger partial charge in [-0.2, -0.15) is 31.3 Å². The lowest BCUT2D eigenvalue weighted by atomic mass is 10.1. The van der Waals surface area contributed by atoms with E-state index in [0.29, 0.717) is 12.1 Å². The third kappa shape index (κ3) is 4.11. The quantitative estimate of drug-likeness (QED) is 0.228. The second kappa shape index (κ2) is 7.77. The van der Waals surface area contributed by atoms with Gasteiger partial charge in [0.25, 0.3) is 5.89 Å². The number of alkyl halides is 6. The first kappa shape index (κ1) is 22.6. The maximum atomic E-state index is 14.3. The average molecular weight is 489 g/mol. The molecule has 4 aromatic rings. The molecular formula is C20H8ClF7N4O. The van der Waals surface area contributed by atoms with Crippen LogP contribution in [0.3, 0.4) is 0 Å². The van der Waals surface area contributed by atoms with Crippen molar-refractivity contribution >= 4 is 28.2 Å². The van der Waals surface area contributed by atoms with E-state index in [1.165, 1.54) is 22.9 Å². The molecule has 2 heterocycles. The maximum absolute atomic E-state index is 14.3. The Labute approximate surface area is 184 Å². The van der Waals surface area contributed by atoms with Gasteiger partial charge >= 0.3 is 12.4 Å². The summed E-state index contributed by atoms with van der Waals surface area (Å²) in [4.78, 5) is 6.77. The Morgan fingerprint density at radius 2 is 1.79 bits per heavy atom. The Morgan fingerprint density at radius 1 is 1.06 bits per heavy atom. The van der Waals surface area contributed by atoms with E-state index in [0.717, 1.165) is 6.07 Å². The van der Waals surface area contributed by atoms with Gasteiger partial charge in [-0.05, 0) is 24.3 Å². The van der Waals surface area contributed by atoms with E-state index in [4.69, 9.17) is 22.7 Å². The van der Waals surface area contributed by atoms with E-state index in [2.05, 4.69) is 15.0 Å². The number of halogens is 8. The van der Waals surface area contributed by atoms with Crippen molar-refractivity contribution in [3.05, 3.63) is 75.7 Å². The molecule has 0 aliphatic carbocycles. The van der Waals surface area contributed by atoms with Crippen molar-refractivity contribution < 1.29 is 35.3 Å². The Bertz CT molecular complexity index is 1410. The molecule has 0 bridgehead atoms. The van der Waals surface area contributed by atoms with Crippen molar-refractivity contribution in [1.29, 1.82) is 0 Å². The van der Waals surface area contributed by atoms with Crippen molar-refractivity contribution in [1.82, 2.24) is 14.7 Å². The van der Waals surface area contributed by atoms with Gasteiger partial charge in [-0.15, -0.1) is 0 Å². The molecule has 0 aliphatic rings. The molecule has 2 aromatic carbocycles.